The highest BCUT2D eigenvalue weighted by atomic mass is 16.5. The van der Waals surface area contributed by atoms with Gasteiger partial charge in [0.25, 0.3) is 5.91 Å². The van der Waals surface area contributed by atoms with Gasteiger partial charge in [-0.05, 0) is 12.1 Å². The SMILES string of the molecule is Cn1nncc1CNC(=O)c1cccc(-c2noc(=O)[nH]2)c1. The van der Waals surface area contributed by atoms with E-state index in [1.54, 1.807) is 42.2 Å². The van der Waals surface area contributed by atoms with Crippen LogP contribution in [-0.2, 0) is 13.6 Å². The average Bonchev–Trinajstić information content (AvgIpc) is 3.13. The van der Waals surface area contributed by atoms with Crippen LogP contribution in [0.1, 0.15) is 16.1 Å². The fraction of sp³-hybridized carbons (Fsp3) is 0.154. The van der Waals surface area contributed by atoms with Crippen LogP contribution < -0.4 is 11.1 Å². The highest BCUT2D eigenvalue weighted by Crippen LogP contribution is 2.15. The van der Waals surface area contributed by atoms with Crippen molar-refractivity contribution in [3.8, 4) is 11.4 Å². The molecule has 2 heterocycles. The summed E-state index contributed by atoms with van der Waals surface area (Å²) >= 11 is 0. The number of nitrogens with one attached hydrogen (secondary N) is 2. The molecule has 9 nitrogen and oxygen atoms in total. The fourth-order valence-corrected chi connectivity index (χ4v) is 1.91. The third kappa shape index (κ3) is 2.77. The van der Waals surface area contributed by atoms with E-state index in [0.29, 0.717) is 17.7 Å². The molecule has 0 unspecified atom stereocenters. The van der Waals surface area contributed by atoms with E-state index in [1.165, 1.54) is 0 Å². The van der Waals surface area contributed by atoms with E-state index in [2.05, 4.69) is 30.3 Å². The molecule has 3 rings (SSSR count). The summed E-state index contributed by atoms with van der Waals surface area (Å²) in [7, 11) is 1.75. The molecule has 0 saturated carbocycles. The van der Waals surface area contributed by atoms with E-state index in [9.17, 15) is 9.59 Å². The van der Waals surface area contributed by atoms with Crippen LogP contribution in [0.25, 0.3) is 11.4 Å². The number of amides is 1. The Balaban J connectivity index is 1.75. The molecule has 0 aliphatic carbocycles. The van der Waals surface area contributed by atoms with Gasteiger partial charge in [-0.1, -0.05) is 22.5 Å². The van der Waals surface area contributed by atoms with Gasteiger partial charge in [-0.25, -0.2) is 4.79 Å². The number of H-pyrrole nitrogens is 1. The van der Waals surface area contributed by atoms with Gasteiger partial charge in [-0.2, -0.15) is 0 Å². The first-order valence-corrected chi connectivity index (χ1v) is 6.41. The van der Waals surface area contributed by atoms with E-state index >= 15 is 0 Å². The normalized spacial score (nSPS) is 10.6. The molecule has 9 heteroatoms. The molecule has 0 atom stereocenters. The molecule has 0 radical (unpaired) electrons. The first-order chi connectivity index (χ1) is 10.6. The summed E-state index contributed by atoms with van der Waals surface area (Å²) in [5.74, 6) is -0.627. The standard InChI is InChI=1S/C13H12N6O3/c1-19-10(7-15-18-19)6-14-12(20)9-4-2-3-8(5-9)11-16-13(21)22-17-11/h2-5,7H,6H2,1H3,(H,14,20)(H,16,17,21). The lowest BCUT2D eigenvalue weighted by Crippen LogP contribution is -2.24. The Morgan fingerprint density at radius 3 is 3.00 bits per heavy atom. The number of nitrogens with zero attached hydrogens (tertiary/aromatic N) is 4. The number of hydrogen-bond acceptors (Lipinski definition) is 6. The van der Waals surface area contributed by atoms with Crippen molar-refractivity contribution < 1.29 is 9.32 Å². The molecule has 112 valence electrons. The van der Waals surface area contributed by atoms with Gasteiger partial charge in [0.15, 0.2) is 5.82 Å². The molecule has 0 bridgehead atoms. The van der Waals surface area contributed by atoms with Crippen molar-refractivity contribution in [1.29, 1.82) is 0 Å². The predicted molar refractivity (Wildman–Crippen MR) is 74.7 cm³/mol. The molecule has 22 heavy (non-hydrogen) atoms. The summed E-state index contributed by atoms with van der Waals surface area (Å²) in [6, 6.07) is 6.70. The Kier molecular flexibility index (Phi) is 3.52. The zero-order valence-corrected chi connectivity index (χ0v) is 11.6. The van der Waals surface area contributed by atoms with Crippen molar-refractivity contribution in [2.75, 3.05) is 0 Å². The molecule has 1 amide bonds. The maximum absolute atomic E-state index is 12.2. The van der Waals surface area contributed by atoms with Gasteiger partial charge in [0.1, 0.15) is 0 Å². The molecular weight excluding hydrogens is 288 g/mol. The molecule has 0 spiro atoms. The highest BCUT2D eigenvalue weighted by Gasteiger charge is 2.10. The Morgan fingerprint density at radius 1 is 1.45 bits per heavy atom. The lowest BCUT2D eigenvalue weighted by Gasteiger charge is -2.05. The van der Waals surface area contributed by atoms with Crippen molar-refractivity contribution in [3.63, 3.8) is 0 Å². The molecule has 0 aliphatic rings. The summed E-state index contributed by atoms with van der Waals surface area (Å²) in [6.45, 7) is 0.313. The monoisotopic (exact) mass is 300 g/mol. The minimum atomic E-state index is -0.645. The molecule has 3 aromatic rings. The molecule has 0 fully saturated rings. The number of carbonyl (C=O) groups is 1. The maximum Gasteiger partial charge on any atom is 0.439 e. The minimum absolute atomic E-state index is 0.256. The fourth-order valence-electron chi connectivity index (χ4n) is 1.91. The summed E-state index contributed by atoms with van der Waals surface area (Å²) in [4.78, 5) is 25.6. The molecular formula is C13H12N6O3. The summed E-state index contributed by atoms with van der Waals surface area (Å²) in [5, 5.41) is 13.9. The zero-order valence-electron chi connectivity index (χ0n) is 11.6. The van der Waals surface area contributed by atoms with E-state index in [-0.39, 0.29) is 11.7 Å². The van der Waals surface area contributed by atoms with Crippen molar-refractivity contribution in [2.45, 2.75) is 6.54 Å². The first kappa shape index (κ1) is 13.7. The maximum atomic E-state index is 12.2. The van der Waals surface area contributed by atoms with Crippen LogP contribution in [0, 0.1) is 0 Å². The van der Waals surface area contributed by atoms with Gasteiger partial charge in [0, 0.05) is 18.2 Å². The van der Waals surface area contributed by atoms with Crippen LogP contribution in [0.2, 0.25) is 0 Å². The third-order valence-electron chi connectivity index (χ3n) is 3.08. The van der Waals surface area contributed by atoms with E-state index in [4.69, 9.17) is 0 Å². The van der Waals surface area contributed by atoms with Gasteiger partial charge < -0.3 is 5.32 Å². The van der Waals surface area contributed by atoms with Gasteiger partial charge in [0.2, 0.25) is 0 Å². The topological polar surface area (TPSA) is 119 Å². The predicted octanol–water partition coefficient (Wildman–Crippen LogP) is 0.0884. The molecule has 0 aliphatic heterocycles. The van der Waals surface area contributed by atoms with Crippen LogP contribution in [0.3, 0.4) is 0 Å². The Labute approximate surface area is 123 Å². The molecule has 2 aromatic heterocycles. The number of rotatable bonds is 4. The lowest BCUT2D eigenvalue weighted by molar-refractivity contribution is 0.0950. The van der Waals surface area contributed by atoms with Gasteiger partial charge in [0.05, 0.1) is 18.4 Å². The Hall–Kier alpha value is -3.23. The number of benzene rings is 1. The van der Waals surface area contributed by atoms with Crippen LogP contribution in [0.15, 0.2) is 39.8 Å². The van der Waals surface area contributed by atoms with Gasteiger partial charge >= 0.3 is 5.76 Å². The largest absolute Gasteiger partial charge is 0.439 e. The highest BCUT2D eigenvalue weighted by molar-refractivity contribution is 5.95. The Bertz CT molecular complexity index is 862. The smallest absolute Gasteiger partial charge is 0.346 e. The van der Waals surface area contributed by atoms with Crippen LogP contribution in [0.4, 0.5) is 0 Å². The van der Waals surface area contributed by atoms with E-state index in [0.717, 1.165) is 5.69 Å². The van der Waals surface area contributed by atoms with E-state index < -0.39 is 5.76 Å². The number of aromatic amines is 1. The molecule has 1 aromatic carbocycles. The minimum Gasteiger partial charge on any atom is -0.346 e. The average molecular weight is 300 g/mol. The number of carbonyl (C=O) groups excluding carboxylic acids is 1. The number of aryl methyl sites for hydroxylation is 1. The third-order valence-corrected chi connectivity index (χ3v) is 3.08. The summed E-state index contributed by atoms with van der Waals surface area (Å²) < 4.78 is 6.03. The Morgan fingerprint density at radius 2 is 2.32 bits per heavy atom. The van der Waals surface area contributed by atoms with Crippen LogP contribution >= 0.6 is 0 Å². The van der Waals surface area contributed by atoms with Crippen molar-refractivity contribution in [3.05, 3.63) is 52.3 Å². The molecule has 0 saturated heterocycles. The van der Waals surface area contributed by atoms with Crippen molar-refractivity contribution in [2.24, 2.45) is 7.05 Å². The first-order valence-electron chi connectivity index (χ1n) is 6.41. The van der Waals surface area contributed by atoms with Crippen molar-refractivity contribution in [1.82, 2.24) is 30.5 Å². The van der Waals surface area contributed by atoms with Crippen LogP contribution in [0.5, 0.6) is 0 Å². The molecule has 2 N–H and O–H groups in total. The lowest BCUT2D eigenvalue weighted by atomic mass is 10.1. The quantitative estimate of drug-likeness (QED) is 0.704. The summed E-state index contributed by atoms with van der Waals surface area (Å²) in [5.41, 5.74) is 1.81. The van der Waals surface area contributed by atoms with E-state index in [1.807, 2.05) is 0 Å². The number of aromatic nitrogens is 5. The van der Waals surface area contributed by atoms with Crippen molar-refractivity contribution >= 4 is 5.91 Å². The second kappa shape index (κ2) is 5.64. The second-order valence-electron chi connectivity index (χ2n) is 4.56. The van der Waals surface area contributed by atoms with Crippen LogP contribution in [-0.4, -0.2) is 31.0 Å². The van der Waals surface area contributed by atoms with Gasteiger partial charge in [-0.15, -0.1) is 5.10 Å². The zero-order chi connectivity index (χ0) is 15.5. The number of hydrogen-bond donors (Lipinski definition) is 2. The second-order valence-corrected chi connectivity index (χ2v) is 4.56. The van der Waals surface area contributed by atoms with Gasteiger partial charge in [-0.3, -0.25) is 19.0 Å². The summed E-state index contributed by atoms with van der Waals surface area (Å²) in [6.07, 6.45) is 1.58.